The Balaban J connectivity index is 2.19. The van der Waals surface area contributed by atoms with Crippen molar-refractivity contribution in [1.82, 2.24) is 9.55 Å². The number of imidazole rings is 1. The molecule has 0 amide bonds. The molecule has 0 bridgehead atoms. The van der Waals surface area contributed by atoms with E-state index < -0.39 is 36.4 Å². The zero-order valence-corrected chi connectivity index (χ0v) is 23.3. The molecular formula is C23H24Cl3F2N3O2SSi. The van der Waals surface area contributed by atoms with E-state index in [-0.39, 0.29) is 27.0 Å². The monoisotopic (exact) mass is 577 g/mol. The second-order valence-electron chi connectivity index (χ2n) is 9.04. The number of aromatic nitrogens is 2. The number of halogens is 5. The number of hydrogen-bond donors (Lipinski definition) is 1. The van der Waals surface area contributed by atoms with Crippen molar-refractivity contribution in [3.05, 3.63) is 80.2 Å². The van der Waals surface area contributed by atoms with E-state index in [0.29, 0.717) is 23.6 Å². The highest BCUT2D eigenvalue weighted by Gasteiger charge is 2.29. The van der Waals surface area contributed by atoms with Crippen LogP contribution in [0.4, 0.5) is 8.78 Å². The Hall–Kier alpha value is -1.62. The van der Waals surface area contributed by atoms with Gasteiger partial charge >= 0.3 is 0 Å². The van der Waals surface area contributed by atoms with Gasteiger partial charge in [-0.2, -0.15) is 0 Å². The van der Waals surface area contributed by atoms with E-state index in [0.717, 1.165) is 11.6 Å². The predicted molar refractivity (Wildman–Crippen MR) is 140 cm³/mol. The summed E-state index contributed by atoms with van der Waals surface area (Å²) in [7, 11) is -3.26. The van der Waals surface area contributed by atoms with Gasteiger partial charge in [-0.05, 0) is 41.4 Å². The number of rotatable bonds is 10. The van der Waals surface area contributed by atoms with Crippen LogP contribution in [0.25, 0.3) is 0 Å². The number of benzene rings is 2. The highest BCUT2D eigenvalue weighted by atomic mass is 35.5. The molecule has 1 unspecified atom stereocenters. The van der Waals surface area contributed by atoms with Gasteiger partial charge in [-0.3, -0.25) is 9.98 Å². The molecule has 0 aliphatic rings. The molecule has 3 aromatic rings. The van der Waals surface area contributed by atoms with Crippen LogP contribution in [0.1, 0.15) is 22.9 Å². The number of nitrogens with zero attached hydrogens (tertiary/aromatic N) is 2. The lowest BCUT2D eigenvalue weighted by Crippen LogP contribution is -2.23. The van der Waals surface area contributed by atoms with Crippen LogP contribution in [0.15, 0.2) is 41.4 Å². The van der Waals surface area contributed by atoms with Gasteiger partial charge in [-0.15, -0.1) is 0 Å². The van der Waals surface area contributed by atoms with Crippen LogP contribution in [0.3, 0.4) is 0 Å². The summed E-state index contributed by atoms with van der Waals surface area (Å²) in [6, 6.07) is 9.25. The van der Waals surface area contributed by atoms with E-state index in [2.05, 4.69) is 24.6 Å². The zero-order chi connectivity index (χ0) is 25.9. The molecular weight excluding hydrogens is 555 g/mol. The number of ether oxygens (including phenoxy) is 1. The Kier molecular flexibility index (Phi) is 9.28. The molecule has 35 heavy (non-hydrogen) atoms. The second kappa shape index (κ2) is 11.6. The average molecular weight is 579 g/mol. The van der Waals surface area contributed by atoms with E-state index >= 15 is 0 Å². The van der Waals surface area contributed by atoms with Crippen molar-refractivity contribution < 1.29 is 17.7 Å². The van der Waals surface area contributed by atoms with E-state index in [1.807, 2.05) is 0 Å². The van der Waals surface area contributed by atoms with Gasteiger partial charge in [-0.25, -0.2) is 18.0 Å². The van der Waals surface area contributed by atoms with Crippen molar-refractivity contribution in [3.8, 4) is 0 Å². The third-order valence-corrected chi connectivity index (χ3v) is 8.91. The summed E-state index contributed by atoms with van der Waals surface area (Å²) < 4.78 is 48.0. The SMILES string of the molecule is C[Si](C)(C)CCOCn1c(C(c2ccc(F)c(Cl)c2)c2ccc(F)c(Cl)c2)nc(Cl)c1S(=O)C=N. The highest BCUT2D eigenvalue weighted by Crippen LogP contribution is 2.37. The lowest BCUT2D eigenvalue weighted by molar-refractivity contribution is 0.0795. The summed E-state index contributed by atoms with van der Waals surface area (Å²) >= 11 is 18.5. The maximum atomic E-state index is 14.0. The molecule has 5 nitrogen and oxygen atoms in total. The summed E-state index contributed by atoms with van der Waals surface area (Å²) in [6.07, 6.45) is 0. The van der Waals surface area contributed by atoms with E-state index in [1.165, 1.54) is 41.0 Å². The van der Waals surface area contributed by atoms with Gasteiger partial charge < -0.3 is 4.74 Å². The van der Waals surface area contributed by atoms with Crippen molar-refractivity contribution in [3.63, 3.8) is 0 Å². The largest absolute Gasteiger partial charge is 0.361 e. The fourth-order valence-corrected chi connectivity index (χ4v) is 5.66. The molecule has 0 saturated heterocycles. The van der Waals surface area contributed by atoms with Crippen molar-refractivity contribution in [1.29, 1.82) is 5.41 Å². The minimum absolute atomic E-state index is 0.0329. The van der Waals surface area contributed by atoms with Gasteiger partial charge in [0.15, 0.2) is 10.2 Å². The Morgan fingerprint density at radius 2 is 1.63 bits per heavy atom. The normalized spacial score (nSPS) is 12.8. The first-order chi connectivity index (χ1) is 16.4. The first-order valence-electron chi connectivity index (χ1n) is 10.6. The number of nitrogens with one attached hydrogen (secondary N) is 1. The molecule has 0 saturated carbocycles. The van der Waals surface area contributed by atoms with Gasteiger partial charge in [0, 0.05) is 14.7 Å². The van der Waals surface area contributed by atoms with Crippen LogP contribution in [0.5, 0.6) is 0 Å². The second-order valence-corrected chi connectivity index (χ2v) is 17.0. The van der Waals surface area contributed by atoms with Crippen LogP contribution in [0.2, 0.25) is 40.9 Å². The molecule has 12 heteroatoms. The standard InChI is InChI=1S/C23H24Cl3F2N3O2SSi/c1-35(2,3)9-8-33-13-31-22(30-21(26)23(31)34(32)12-29)20(14-4-6-18(27)16(24)10-14)15-5-7-19(28)17(25)11-15/h4-7,10-12,20,29H,8-9,13H2,1-3H3. The van der Waals surface area contributed by atoms with Gasteiger partial charge in [0.05, 0.1) is 21.5 Å². The average Bonchev–Trinajstić information content (AvgIpc) is 3.10. The maximum absolute atomic E-state index is 14.0. The molecule has 1 aromatic heterocycles. The Bertz CT molecular complexity index is 1220. The molecule has 188 valence electrons. The number of hydrogen-bond acceptors (Lipinski definition) is 4. The van der Waals surface area contributed by atoms with Crippen LogP contribution >= 0.6 is 34.8 Å². The van der Waals surface area contributed by atoms with E-state index in [9.17, 15) is 13.0 Å². The Labute approximate surface area is 221 Å². The van der Waals surface area contributed by atoms with Crippen LogP contribution in [-0.4, -0.2) is 34.0 Å². The highest BCUT2D eigenvalue weighted by molar-refractivity contribution is 7.98. The molecule has 1 N–H and O–H groups in total. The molecule has 0 spiro atoms. The Morgan fingerprint density at radius 3 is 2.09 bits per heavy atom. The molecule has 2 aromatic carbocycles. The zero-order valence-electron chi connectivity index (χ0n) is 19.2. The molecule has 0 aliphatic heterocycles. The van der Waals surface area contributed by atoms with Gasteiger partial charge in [-0.1, -0.05) is 66.6 Å². The van der Waals surface area contributed by atoms with Crippen molar-refractivity contribution in [2.24, 2.45) is 0 Å². The van der Waals surface area contributed by atoms with Crippen LogP contribution < -0.4 is 0 Å². The van der Waals surface area contributed by atoms with Gasteiger partial charge in [0.2, 0.25) is 0 Å². The molecule has 0 radical (unpaired) electrons. The molecule has 0 aliphatic carbocycles. The molecule has 3 rings (SSSR count). The van der Waals surface area contributed by atoms with E-state index in [1.54, 1.807) is 0 Å². The minimum atomic E-state index is -1.89. The third kappa shape index (κ3) is 6.78. The fraction of sp³-hybridized carbons (Fsp3) is 0.304. The van der Waals surface area contributed by atoms with Crippen LogP contribution in [0, 0.1) is 17.0 Å². The lowest BCUT2D eigenvalue weighted by Gasteiger charge is -2.21. The summed E-state index contributed by atoms with van der Waals surface area (Å²) in [5.41, 5.74) is 1.80. The summed E-state index contributed by atoms with van der Waals surface area (Å²) in [5, 5.41) is 7.31. The predicted octanol–water partition coefficient (Wildman–Crippen LogP) is 7.33. The lowest BCUT2D eigenvalue weighted by atomic mass is 9.90. The first kappa shape index (κ1) is 28.0. The molecule has 1 atom stereocenters. The summed E-state index contributed by atoms with van der Waals surface area (Å²) in [4.78, 5) is 4.45. The smallest absolute Gasteiger partial charge is 0.164 e. The van der Waals surface area contributed by atoms with Crippen molar-refractivity contribution in [2.45, 2.75) is 43.4 Å². The van der Waals surface area contributed by atoms with Crippen molar-refractivity contribution in [2.75, 3.05) is 6.61 Å². The fourth-order valence-electron chi connectivity index (χ4n) is 3.43. The minimum Gasteiger partial charge on any atom is -0.361 e. The van der Waals surface area contributed by atoms with Gasteiger partial charge in [0.1, 0.15) is 35.0 Å². The molecule has 0 fully saturated rings. The molecule has 1 heterocycles. The third-order valence-electron chi connectivity index (χ3n) is 5.24. The van der Waals surface area contributed by atoms with Crippen LogP contribution in [-0.2, 0) is 22.3 Å². The summed E-state index contributed by atoms with van der Waals surface area (Å²) in [6.45, 7) is 7.10. The Morgan fingerprint density at radius 1 is 1.09 bits per heavy atom. The van der Waals surface area contributed by atoms with Crippen molar-refractivity contribution >= 4 is 59.2 Å². The quantitative estimate of drug-likeness (QED) is 0.119. The van der Waals surface area contributed by atoms with Gasteiger partial charge in [0.25, 0.3) is 0 Å². The van der Waals surface area contributed by atoms with E-state index in [4.69, 9.17) is 44.9 Å². The topological polar surface area (TPSA) is 68.0 Å². The summed E-state index contributed by atoms with van der Waals surface area (Å²) in [5.74, 6) is -1.64. The first-order valence-corrected chi connectivity index (χ1v) is 16.6. The maximum Gasteiger partial charge on any atom is 0.164 e.